The Morgan fingerprint density at radius 1 is 1.18 bits per heavy atom. The van der Waals surface area contributed by atoms with Crippen molar-refractivity contribution in [3.05, 3.63) is 29.8 Å². The van der Waals surface area contributed by atoms with Crippen LogP contribution in [-0.4, -0.2) is 83.8 Å². The normalized spacial score (nSPS) is 20.4. The van der Waals surface area contributed by atoms with E-state index in [0.717, 1.165) is 77.0 Å². The third kappa shape index (κ3) is 8.26. The molecule has 1 atom stereocenters. The van der Waals surface area contributed by atoms with Gasteiger partial charge in [-0.25, -0.2) is 0 Å². The van der Waals surface area contributed by atoms with Gasteiger partial charge >= 0.3 is 0 Å². The van der Waals surface area contributed by atoms with E-state index in [1.165, 1.54) is 5.56 Å². The van der Waals surface area contributed by atoms with Crippen LogP contribution in [0.15, 0.2) is 29.3 Å². The molecule has 1 aromatic carbocycles. The Morgan fingerprint density at radius 2 is 1.94 bits per heavy atom. The van der Waals surface area contributed by atoms with E-state index in [1.54, 1.807) is 7.11 Å². The molecule has 0 aliphatic carbocycles. The Hall–Kier alpha value is -1.10. The van der Waals surface area contributed by atoms with Gasteiger partial charge in [-0.3, -0.25) is 4.99 Å². The number of hydrogen-bond acceptors (Lipinski definition) is 5. The Labute approximate surface area is 216 Å². The SMILES string of the molecule is CCNC(=NCC1(c2ccc(OCC)cc2)CCOCC1)N1CCC(COCCOC)C1.I. The van der Waals surface area contributed by atoms with Crippen molar-refractivity contribution in [2.24, 2.45) is 10.9 Å². The second-order valence-corrected chi connectivity index (χ2v) is 8.69. The topological polar surface area (TPSA) is 64.6 Å². The molecule has 0 bridgehead atoms. The molecule has 2 fully saturated rings. The van der Waals surface area contributed by atoms with Crippen molar-refractivity contribution < 1.29 is 18.9 Å². The van der Waals surface area contributed by atoms with Crippen LogP contribution >= 0.6 is 24.0 Å². The first kappa shape index (κ1) is 28.1. The summed E-state index contributed by atoms with van der Waals surface area (Å²) in [7, 11) is 1.71. The molecule has 3 rings (SSSR count). The number of nitrogens with zero attached hydrogens (tertiary/aromatic N) is 2. The number of nitrogens with one attached hydrogen (secondary N) is 1. The van der Waals surface area contributed by atoms with E-state index in [4.69, 9.17) is 23.9 Å². The van der Waals surface area contributed by atoms with Crippen molar-refractivity contribution in [3.8, 4) is 5.75 Å². The number of rotatable bonds is 11. The van der Waals surface area contributed by atoms with Gasteiger partial charge in [0.1, 0.15) is 5.75 Å². The highest BCUT2D eigenvalue weighted by molar-refractivity contribution is 14.0. The smallest absolute Gasteiger partial charge is 0.193 e. The molecule has 188 valence electrons. The van der Waals surface area contributed by atoms with Crippen LogP contribution in [0.2, 0.25) is 0 Å². The first-order chi connectivity index (χ1) is 15.7. The van der Waals surface area contributed by atoms with Gasteiger partial charge in [0, 0.05) is 51.3 Å². The van der Waals surface area contributed by atoms with Crippen LogP contribution in [-0.2, 0) is 19.6 Å². The quantitative estimate of drug-likeness (QED) is 0.188. The summed E-state index contributed by atoms with van der Waals surface area (Å²) in [4.78, 5) is 7.54. The van der Waals surface area contributed by atoms with E-state index in [9.17, 15) is 0 Å². The van der Waals surface area contributed by atoms with E-state index in [2.05, 4.69) is 41.4 Å². The Bertz CT molecular complexity index is 695. The van der Waals surface area contributed by atoms with Gasteiger partial charge in [0.05, 0.1) is 33.0 Å². The highest BCUT2D eigenvalue weighted by Crippen LogP contribution is 2.36. The molecule has 1 aromatic rings. The number of methoxy groups -OCH3 is 1. The molecule has 0 radical (unpaired) electrons. The molecule has 0 saturated carbocycles. The lowest BCUT2D eigenvalue weighted by atomic mass is 9.74. The predicted molar refractivity (Wildman–Crippen MR) is 143 cm³/mol. The predicted octanol–water partition coefficient (Wildman–Crippen LogP) is 3.70. The minimum atomic E-state index is 0. The summed E-state index contributed by atoms with van der Waals surface area (Å²) in [6.45, 7) is 12.1. The lowest BCUT2D eigenvalue weighted by Gasteiger charge is -2.37. The van der Waals surface area contributed by atoms with Gasteiger partial charge in [-0.1, -0.05) is 12.1 Å². The fraction of sp³-hybridized carbons (Fsp3) is 0.720. The molecule has 0 amide bonds. The summed E-state index contributed by atoms with van der Waals surface area (Å²) >= 11 is 0. The molecule has 33 heavy (non-hydrogen) atoms. The maximum Gasteiger partial charge on any atom is 0.193 e. The number of guanidine groups is 1. The minimum absolute atomic E-state index is 0. The summed E-state index contributed by atoms with van der Waals surface area (Å²) in [6, 6.07) is 8.59. The highest BCUT2D eigenvalue weighted by atomic mass is 127. The summed E-state index contributed by atoms with van der Waals surface area (Å²) in [6.07, 6.45) is 3.11. The zero-order valence-electron chi connectivity index (χ0n) is 20.5. The van der Waals surface area contributed by atoms with Gasteiger partial charge in [-0.15, -0.1) is 24.0 Å². The monoisotopic (exact) mass is 575 g/mol. The molecule has 8 heteroatoms. The standard InChI is InChI=1S/C25H41N3O4.HI/c1-4-26-24(28-13-10-21(18-28)19-31-17-16-29-3)27-20-25(11-14-30-15-12-25)22-6-8-23(9-7-22)32-5-2;/h6-9,21H,4-5,10-20H2,1-3H3,(H,26,27);1H. The van der Waals surface area contributed by atoms with Crippen LogP contribution in [0.3, 0.4) is 0 Å². The van der Waals surface area contributed by atoms with Crippen LogP contribution in [0.5, 0.6) is 5.75 Å². The van der Waals surface area contributed by atoms with Crippen LogP contribution in [0.4, 0.5) is 0 Å². The molecule has 2 saturated heterocycles. The molecular weight excluding hydrogens is 533 g/mol. The lowest BCUT2D eigenvalue weighted by molar-refractivity contribution is 0.0526. The van der Waals surface area contributed by atoms with Crippen molar-refractivity contribution in [1.82, 2.24) is 10.2 Å². The summed E-state index contributed by atoms with van der Waals surface area (Å²) < 4.78 is 22.2. The van der Waals surface area contributed by atoms with Gasteiger partial charge in [0.15, 0.2) is 5.96 Å². The van der Waals surface area contributed by atoms with E-state index >= 15 is 0 Å². The highest BCUT2D eigenvalue weighted by Gasteiger charge is 2.35. The fourth-order valence-corrected chi connectivity index (χ4v) is 4.58. The van der Waals surface area contributed by atoms with Crippen molar-refractivity contribution in [2.45, 2.75) is 38.5 Å². The summed E-state index contributed by atoms with van der Waals surface area (Å²) in [5, 5.41) is 3.52. The Balaban J connectivity index is 0.00000385. The number of aliphatic imine (C=N–C) groups is 1. The maximum atomic E-state index is 5.77. The molecule has 1 N–H and O–H groups in total. The number of likely N-dealkylation sites (tertiary alicyclic amines) is 1. The summed E-state index contributed by atoms with van der Waals surface area (Å²) in [5.41, 5.74) is 1.33. The number of benzene rings is 1. The van der Waals surface area contributed by atoms with Gasteiger partial charge < -0.3 is 29.2 Å². The number of halogens is 1. The van der Waals surface area contributed by atoms with E-state index in [1.807, 2.05) is 6.92 Å². The van der Waals surface area contributed by atoms with Gasteiger partial charge in [-0.05, 0) is 50.8 Å². The molecule has 2 aliphatic rings. The first-order valence-corrected chi connectivity index (χ1v) is 12.1. The minimum Gasteiger partial charge on any atom is -0.494 e. The molecule has 2 aliphatic heterocycles. The third-order valence-electron chi connectivity index (χ3n) is 6.46. The second-order valence-electron chi connectivity index (χ2n) is 8.69. The van der Waals surface area contributed by atoms with Crippen molar-refractivity contribution in [2.75, 3.05) is 72.9 Å². The van der Waals surface area contributed by atoms with Gasteiger partial charge in [-0.2, -0.15) is 0 Å². The van der Waals surface area contributed by atoms with Crippen LogP contribution in [0, 0.1) is 5.92 Å². The van der Waals surface area contributed by atoms with Crippen molar-refractivity contribution >= 4 is 29.9 Å². The molecule has 1 unspecified atom stereocenters. The lowest BCUT2D eigenvalue weighted by Crippen LogP contribution is -2.43. The first-order valence-electron chi connectivity index (χ1n) is 12.1. The van der Waals surface area contributed by atoms with E-state index in [0.29, 0.717) is 25.7 Å². The fourth-order valence-electron chi connectivity index (χ4n) is 4.58. The largest absolute Gasteiger partial charge is 0.494 e. The van der Waals surface area contributed by atoms with E-state index < -0.39 is 0 Å². The average molecular weight is 576 g/mol. The number of ether oxygens (including phenoxy) is 4. The molecule has 2 heterocycles. The molecule has 0 aromatic heterocycles. The van der Waals surface area contributed by atoms with Crippen LogP contribution in [0.25, 0.3) is 0 Å². The Morgan fingerprint density at radius 3 is 2.61 bits per heavy atom. The van der Waals surface area contributed by atoms with Crippen molar-refractivity contribution in [3.63, 3.8) is 0 Å². The molecular formula is C25H42IN3O4. The number of hydrogen-bond donors (Lipinski definition) is 1. The van der Waals surface area contributed by atoms with Gasteiger partial charge in [0.2, 0.25) is 0 Å². The molecule has 7 nitrogen and oxygen atoms in total. The van der Waals surface area contributed by atoms with E-state index in [-0.39, 0.29) is 29.4 Å². The third-order valence-corrected chi connectivity index (χ3v) is 6.46. The van der Waals surface area contributed by atoms with Crippen molar-refractivity contribution in [1.29, 1.82) is 0 Å². The second kappa shape index (κ2) is 15.0. The molecule has 0 spiro atoms. The zero-order chi connectivity index (χ0) is 22.7. The maximum absolute atomic E-state index is 5.77. The average Bonchev–Trinajstić information content (AvgIpc) is 3.29. The zero-order valence-corrected chi connectivity index (χ0v) is 22.8. The van der Waals surface area contributed by atoms with Gasteiger partial charge in [0.25, 0.3) is 0 Å². The summed E-state index contributed by atoms with van der Waals surface area (Å²) in [5.74, 6) is 2.48. The van der Waals surface area contributed by atoms with Crippen LogP contribution in [0.1, 0.15) is 38.7 Å². The van der Waals surface area contributed by atoms with Crippen LogP contribution < -0.4 is 10.1 Å². The Kier molecular flexibility index (Phi) is 12.8.